The van der Waals surface area contributed by atoms with Gasteiger partial charge in [-0.1, -0.05) is 49.4 Å². The number of hydrogen-bond donors (Lipinski definition) is 1. The van der Waals surface area contributed by atoms with E-state index in [9.17, 15) is 27.6 Å². The zero-order chi connectivity index (χ0) is 27.1. The Labute approximate surface area is 211 Å². The van der Waals surface area contributed by atoms with Crippen LogP contribution in [0.3, 0.4) is 0 Å². The van der Waals surface area contributed by atoms with Crippen molar-refractivity contribution in [2.75, 3.05) is 18.6 Å². The molecular formula is C26H33NO8S. The molecule has 36 heavy (non-hydrogen) atoms. The minimum absolute atomic E-state index is 0.0664. The normalized spacial score (nSPS) is 13.5. The van der Waals surface area contributed by atoms with Crippen molar-refractivity contribution in [2.24, 2.45) is 5.92 Å². The summed E-state index contributed by atoms with van der Waals surface area (Å²) >= 11 is 0. The summed E-state index contributed by atoms with van der Waals surface area (Å²) in [5.41, 5.74) is -0.0813. The highest BCUT2D eigenvalue weighted by Crippen LogP contribution is 2.19. The van der Waals surface area contributed by atoms with Crippen molar-refractivity contribution in [1.29, 1.82) is 0 Å². The SMILES string of the molecule is CC(CS(C)(=O)=O)C(=O)NC(CC(=O)OC(C)(C)C)C(=O)COC(=O)Cc1cccc2ccccc12. The summed E-state index contributed by atoms with van der Waals surface area (Å²) in [5.74, 6) is -4.20. The minimum atomic E-state index is -3.45. The maximum atomic E-state index is 12.8. The predicted octanol–water partition coefficient (Wildman–Crippen LogP) is 2.39. The number of rotatable bonds is 11. The lowest BCUT2D eigenvalue weighted by Crippen LogP contribution is -2.47. The first-order valence-corrected chi connectivity index (χ1v) is 13.6. The number of esters is 2. The maximum absolute atomic E-state index is 12.8. The highest BCUT2D eigenvalue weighted by Gasteiger charge is 2.30. The summed E-state index contributed by atoms with van der Waals surface area (Å²) in [6.07, 6.45) is 0.437. The van der Waals surface area contributed by atoms with Crippen LogP contribution in [0.2, 0.25) is 0 Å². The van der Waals surface area contributed by atoms with Crippen molar-refractivity contribution < 1.29 is 37.1 Å². The van der Waals surface area contributed by atoms with Crippen LogP contribution in [0.5, 0.6) is 0 Å². The molecule has 10 heteroatoms. The Kier molecular flexibility index (Phi) is 9.75. The third-order valence-electron chi connectivity index (χ3n) is 5.09. The Morgan fingerprint density at radius 1 is 0.972 bits per heavy atom. The fourth-order valence-electron chi connectivity index (χ4n) is 3.54. The monoisotopic (exact) mass is 519 g/mol. The number of carbonyl (C=O) groups excluding carboxylic acids is 4. The van der Waals surface area contributed by atoms with E-state index in [-0.39, 0.29) is 6.42 Å². The number of benzene rings is 2. The quantitative estimate of drug-likeness (QED) is 0.448. The van der Waals surface area contributed by atoms with Crippen molar-refractivity contribution >= 4 is 44.2 Å². The summed E-state index contributed by atoms with van der Waals surface area (Å²) in [7, 11) is -3.45. The van der Waals surface area contributed by atoms with Crippen LogP contribution in [0, 0.1) is 5.92 Å². The fourth-order valence-corrected chi connectivity index (χ4v) is 4.60. The molecule has 2 unspecified atom stereocenters. The lowest BCUT2D eigenvalue weighted by molar-refractivity contribution is -0.157. The summed E-state index contributed by atoms with van der Waals surface area (Å²) in [5, 5.41) is 4.26. The van der Waals surface area contributed by atoms with E-state index in [0.717, 1.165) is 22.6 Å². The molecule has 0 spiro atoms. The van der Waals surface area contributed by atoms with Gasteiger partial charge in [-0.25, -0.2) is 8.42 Å². The van der Waals surface area contributed by atoms with E-state index in [1.54, 1.807) is 26.8 Å². The van der Waals surface area contributed by atoms with E-state index in [1.807, 2.05) is 36.4 Å². The van der Waals surface area contributed by atoms with Crippen LogP contribution in [-0.4, -0.2) is 62.3 Å². The molecule has 0 saturated carbocycles. The highest BCUT2D eigenvalue weighted by molar-refractivity contribution is 7.90. The van der Waals surface area contributed by atoms with Gasteiger partial charge in [-0.15, -0.1) is 0 Å². The largest absolute Gasteiger partial charge is 0.460 e. The van der Waals surface area contributed by atoms with Crippen molar-refractivity contribution in [1.82, 2.24) is 5.32 Å². The van der Waals surface area contributed by atoms with Gasteiger partial charge in [0.05, 0.1) is 18.6 Å². The lowest BCUT2D eigenvalue weighted by Gasteiger charge is -2.23. The van der Waals surface area contributed by atoms with E-state index < -0.39 is 69.8 Å². The third kappa shape index (κ3) is 9.77. The predicted molar refractivity (Wildman–Crippen MR) is 135 cm³/mol. The second kappa shape index (κ2) is 12.1. The number of hydrogen-bond acceptors (Lipinski definition) is 8. The molecule has 2 atom stereocenters. The zero-order valence-electron chi connectivity index (χ0n) is 21.2. The highest BCUT2D eigenvalue weighted by atomic mass is 32.2. The molecule has 196 valence electrons. The number of fused-ring (bicyclic) bond motifs is 1. The zero-order valence-corrected chi connectivity index (χ0v) is 22.0. The average molecular weight is 520 g/mol. The van der Waals surface area contributed by atoms with Gasteiger partial charge in [0.15, 0.2) is 12.4 Å². The van der Waals surface area contributed by atoms with Crippen LogP contribution in [0.1, 0.15) is 39.7 Å². The number of nitrogens with one attached hydrogen (secondary N) is 1. The van der Waals surface area contributed by atoms with Crippen molar-refractivity contribution in [3.8, 4) is 0 Å². The second-order valence-electron chi connectivity index (χ2n) is 9.79. The number of amides is 1. The van der Waals surface area contributed by atoms with Crippen LogP contribution >= 0.6 is 0 Å². The Morgan fingerprint density at radius 3 is 2.25 bits per heavy atom. The number of ether oxygens (including phenoxy) is 2. The molecular weight excluding hydrogens is 486 g/mol. The molecule has 0 fully saturated rings. The van der Waals surface area contributed by atoms with Gasteiger partial charge in [-0.05, 0) is 37.1 Å². The van der Waals surface area contributed by atoms with Crippen LogP contribution < -0.4 is 5.32 Å². The lowest BCUT2D eigenvalue weighted by atomic mass is 10.0. The molecule has 1 N–H and O–H groups in total. The molecule has 2 rings (SSSR count). The minimum Gasteiger partial charge on any atom is -0.460 e. The number of sulfone groups is 1. The smallest absolute Gasteiger partial charge is 0.310 e. The molecule has 0 saturated heterocycles. The van der Waals surface area contributed by atoms with E-state index in [0.29, 0.717) is 0 Å². The van der Waals surface area contributed by atoms with Crippen LogP contribution in [0.25, 0.3) is 10.8 Å². The van der Waals surface area contributed by atoms with Gasteiger partial charge in [0.25, 0.3) is 0 Å². The molecule has 0 aromatic heterocycles. The number of ketones is 1. The summed E-state index contributed by atoms with van der Waals surface area (Å²) in [6, 6.07) is 11.7. The second-order valence-corrected chi connectivity index (χ2v) is 12.0. The average Bonchev–Trinajstić information content (AvgIpc) is 2.74. The molecule has 0 heterocycles. The van der Waals surface area contributed by atoms with E-state index in [4.69, 9.17) is 9.47 Å². The van der Waals surface area contributed by atoms with E-state index in [2.05, 4.69) is 5.32 Å². The summed E-state index contributed by atoms with van der Waals surface area (Å²) in [6.45, 7) is 5.70. The van der Waals surface area contributed by atoms with Gasteiger partial charge in [-0.2, -0.15) is 0 Å². The van der Waals surface area contributed by atoms with Crippen molar-refractivity contribution in [3.63, 3.8) is 0 Å². The van der Waals surface area contributed by atoms with Crippen molar-refractivity contribution in [2.45, 2.75) is 52.2 Å². The van der Waals surface area contributed by atoms with Crippen molar-refractivity contribution in [3.05, 3.63) is 48.0 Å². The third-order valence-corrected chi connectivity index (χ3v) is 6.19. The van der Waals surface area contributed by atoms with Gasteiger partial charge in [0.1, 0.15) is 21.5 Å². The van der Waals surface area contributed by atoms with Gasteiger partial charge >= 0.3 is 11.9 Å². The fraction of sp³-hybridized carbons (Fsp3) is 0.462. The molecule has 0 aliphatic rings. The topological polar surface area (TPSA) is 133 Å². The standard InChI is InChI=1S/C26H33NO8S/c1-17(16-36(5,32)33)25(31)27-21(14-24(30)35-26(2,3)4)22(28)15-34-23(29)13-19-11-8-10-18-9-6-7-12-20(18)19/h6-12,17,21H,13-16H2,1-5H3,(H,27,31). The van der Waals surface area contributed by atoms with E-state index >= 15 is 0 Å². The molecule has 1 amide bonds. The van der Waals surface area contributed by atoms with E-state index in [1.165, 1.54) is 6.92 Å². The molecule has 0 radical (unpaired) electrons. The summed E-state index contributed by atoms with van der Waals surface area (Å²) < 4.78 is 33.5. The molecule has 0 aliphatic heterocycles. The Balaban J connectivity index is 2.07. The van der Waals surface area contributed by atoms with Gasteiger partial charge in [-0.3, -0.25) is 19.2 Å². The van der Waals surface area contributed by atoms with Gasteiger partial charge < -0.3 is 14.8 Å². The van der Waals surface area contributed by atoms with Gasteiger partial charge in [0, 0.05) is 12.2 Å². The molecule has 0 bridgehead atoms. The first-order chi connectivity index (χ1) is 16.6. The Hall–Kier alpha value is -3.27. The molecule has 9 nitrogen and oxygen atoms in total. The molecule has 0 aliphatic carbocycles. The summed E-state index contributed by atoms with van der Waals surface area (Å²) in [4.78, 5) is 50.1. The molecule has 2 aromatic carbocycles. The number of carbonyl (C=O) groups is 4. The Morgan fingerprint density at radius 2 is 1.61 bits per heavy atom. The van der Waals surface area contributed by atoms with Crippen LogP contribution in [0.4, 0.5) is 0 Å². The first-order valence-electron chi connectivity index (χ1n) is 11.5. The molecule has 2 aromatic rings. The van der Waals surface area contributed by atoms with Gasteiger partial charge in [0.2, 0.25) is 5.91 Å². The Bertz CT molecular complexity index is 1220. The maximum Gasteiger partial charge on any atom is 0.310 e. The first kappa shape index (κ1) is 29.0. The number of Topliss-reactive ketones (excluding diaryl/α,β-unsaturated/α-hetero) is 1. The van der Waals surface area contributed by atoms with Crippen LogP contribution in [-0.2, 0) is 44.9 Å². The van der Waals surface area contributed by atoms with Crippen LogP contribution in [0.15, 0.2) is 42.5 Å².